The summed E-state index contributed by atoms with van der Waals surface area (Å²) in [7, 11) is 1.22. The second kappa shape index (κ2) is 10.0. The molecule has 9 nitrogen and oxygen atoms in total. The van der Waals surface area contributed by atoms with Gasteiger partial charge in [-0.25, -0.2) is 9.48 Å². The molecule has 2 aromatic carbocycles. The number of carbonyl (C=O) groups is 2. The smallest absolute Gasteiger partial charge is 0.387 e. The zero-order valence-electron chi connectivity index (χ0n) is 16.6. The minimum absolute atomic E-state index is 0.0860. The van der Waals surface area contributed by atoms with Crippen LogP contribution in [0.4, 0.5) is 14.6 Å². The number of para-hydroxylation sites is 2. The lowest BCUT2D eigenvalue weighted by molar-refractivity contribution is -0.119. The molecule has 0 aliphatic rings. The molecule has 1 N–H and O–H groups in total. The van der Waals surface area contributed by atoms with Crippen LogP contribution in [0, 0.1) is 11.3 Å². The van der Waals surface area contributed by atoms with Gasteiger partial charge < -0.3 is 19.5 Å². The monoisotopic (exact) mass is 442 g/mol. The Morgan fingerprint density at radius 2 is 1.94 bits per heavy atom. The van der Waals surface area contributed by atoms with E-state index in [0.717, 1.165) is 0 Å². The zero-order chi connectivity index (χ0) is 23.1. The van der Waals surface area contributed by atoms with Gasteiger partial charge in [-0.3, -0.25) is 4.79 Å². The normalized spacial score (nSPS) is 10.3. The van der Waals surface area contributed by atoms with Gasteiger partial charge >= 0.3 is 12.6 Å². The number of rotatable bonds is 8. The minimum Gasteiger partial charge on any atom is -0.493 e. The first-order valence-electron chi connectivity index (χ1n) is 9.07. The Labute approximate surface area is 180 Å². The number of halogens is 2. The third kappa shape index (κ3) is 4.99. The van der Waals surface area contributed by atoms with Crippen molar-refractivity contribution in [1.29, 1.82) is 5.26 Å². The molecule has 0 fully saturated rings. The molecule has 0 unspecified atom stereocenters. The van der Waals surface area contributed by atoms with Crippen molar-refractivity contribution in [3.63, 3.8) is 0 Å². The van der Waals surface area contributed by atoms with Gasteiger partial charge in [-0.15, -0.1) is 0 Å². The summed E-state index contributed by atoms with van der Waals surface area (Å²) < 4.78 is 41.0. The number of nitrogens with one attached hydrogen (secondary N) is 1. The molecule has 1 heterocycles. The molecule has 11 heteroatoms. The molecule has 3 rings (SSSR count). The van der Waals surface area contributed by atoms with Crippen LogP contribution in [0.2, 0.25) is 0 Å². The summed E-state index contributed by atoms with van der Waals surface area (Å²) in [6.07, 6.45) is 1.28. The number of benzene rings is 2. The quantitative estimate of drug-likeness (QED) is 0.533. The maximum atomic E-state index is 12.7. The molecular formula is C21H16F2N4O5. The highest BCUT2D eigenvalue weighted by Crippen LogP contribution is 2.33. The highest BCUT2D eigenvalue weighted by molar-refractivity contribution is 5.97. The van der Waals surface area contributed by atoms with Crippen molar-refractivity contribution in [2.45, 2.75) is 6.61 Å². The Hall–Kier alpha value is -4.46. The zero-order valence-corrected chi connectivity index (χ0v) is 16.6. The van der Waals surface area contributed by atoms with Crippen LogP contribution in [0.5, 0.6) is 11.5 Å². The molecule has 1 amide bonds. The Kier molecular flexibility index (Phi) is 6.97. The largest absolute Gasteiger partial charge is 0.493 e. The molecule has 0 saturated heterocycles. The molecule has 32 heavy (non-hydrogen) atoms. The summed E-state index contributed by atoms with van der Waals surface area (Å²) in [5, 5.41) is 15.8. The molecule has 0 aliphatic heterocycles. The summed E-state index contributed by atoms with van der Waals surface area (Å²) >= 11 is 0. The maximum Gasteiger partial charge on any atom is 0.387 e. The van der Waals surface area contributed by atoms with Crippen molar-refractivity contribution in [1.82, 2.24) is 9.78 Å². The number of hydrogen-bond acceptors (Lipinski definition) is 7. The third-order valence-electron chi connectivity index (χ3n) is 4.11. The van der Waals surface area contributed by atoms with Crippen LogP contribution in [0.1, 0.15) is 15.9 Å². The highest BCUT2D eigenvalue weighted by atomic mass is 19.3. The van der Waals surface area contributed by atoms with E-state index in [1.165, 1.54) is 36.2 Å². The van der Waals surface area contributed by atoms with Gasteiger partial charge in [0.05, 0.1) is 19.0 Å². The number of ether oxygens (including phenoxy) is 3. The lowest BCUT2D eigenvalue weighted by Gasteiger charge is -2.14. The van der Waals surface area contributed by atoms with Gasteiger partial charge in [0.1, 0.15) is 17.2 Å². The molecule has 0 radical (unpaired) electrons. The summed E-state index contributed by atoms with van der Waals surface area (Å²) in [5.74, 6) is -2.37. The second-order valence-electron chi connectivity index (χ2n) is 6.11. The number of nitriles is 1. The van der Waals surface area contributed by atoms with E-state index < -0.39 is 30.8 Å². The second-order valence-corrected chi connectivity index (χ2v) is 6.11. The van der Waals surface area contributed by atoms with Gasteiger partial charge in [-0.2, -0.15) is 19.1 Å². The van der Waals surface area contributed by atoms with Crippen LogP contribution in [0.3, 0.4) is 0 Å². The van der Waals surface area contributed by atoms with Gasteiger partial charge in [0, 0.05) is 0 Å². The van der Waals surface area contributed by atoms with Crippen LogP contribution in [-0.2, 0) is 9.53 Å². The summed E-state index contributed by atoms with van der Waals surface area (Å²) in [6.45, 7) is -3.96. The Balaban J connectivity index is 1.74. The van der Waals surface area contributed by atoms with E-state index >= 15 is 0 Å². The van der Waals surface area contributed by atoms with E-state index in [1.807, 2.05) is 6.07 Å². The first kappa shape index (κ1) is 22.2. The number of anilines is 1. The predicted molar refractivity (Wildman–Crippen MR) is 107 cm³/mol. The number of carbonyl (C=O) groups excluding carboxylic acids is 2. The third-order valence-corrected chi connectivity index (χ3v) is 4.11. The fourth-order valence-electron chi connectivity index (χ4n) is 2.74. The molecule has 164 valence electrons. The number of aromatic nitrogens is 2. The fourth-order valence-corrected chi connectivity index (χ4v) is 2.74. The van der Waals surface area contributed by atoms with E-state index in [1.54, 1.807) is 30.3 Å². The van der Waals surface area contributed by atoms with Crippen LogP contribution in [0.25, 0.3) is 5.69 Å². The Morgan fingerprint density at radius 3 is 2.59 bits per heavy atom. The highest BCUT2D eigenvalue weighted by Gasteiger charge is 2.23. The van der Waals surface area contributed by atoms with Crippen molar-refractivity contribution in [3.05, 3.63) is 65.9 Å². The predicted octanol–water partition coefficient (Wildman–Crippen LogP) is 3.15. The van der Waals surface area contributed by atoms with Gasteiger partial charge in [0.15, 0.2) is 23.9 Å². The summed E-state index contributed by atoms with van der Waals surface area (Å²) in [5.41, 5.74) is 0.338. The average molecular weight is 442 g/mol. The van der Waals surface area contributed by atoms with Crippen molar-refractivity contribution < 1.29 is 32.6 Å². The summed E-state index contributed by atoms with van der Waals surface area (Å²) in [4.78, 5) is 24.7. The SMILES string of the molecule is COc1cccc(C(=O)OCC(=O)Nc2c(C#N)cnn2-c2ccccc2)c1OC(F)F. The van der Waals surface area contributed by atoms with E-state index in [4.69, 9.17) is 9.47 Å². The number of methoxy groups -OCH3 is 1. The van der Waals surface area contributed by atoms with Gasteiger partial charge in [-0.1, -0.05) is 24.3 Å². The summed E-state index contributed by atoms with van der Waals surface area (Å²) in [6, 6.07) is 14.6. The van der Waals surface area contributed by atoms with Crippen LogP contribution < -0.4 is 14.8 Å². The molecule has 0 saturated carbocycles. The van der Waals surface area contributed by atoms with Crippen LogP contribution >= 0.6 is 0 Å². The number of nitrogens with zero attached hydrogens (tertiary/aromatic N) is 3. The molecule has 0 spiro atoms. The van der Waals surface area contributed by atoms with Crippen LogP contribution in [0.15, 0.2) is 54.7 Å². The first-order valence-corrected chi connectivity index (χ1v) is 9.07. The van der Waals surface area contributed by atoms with Gasteiger partial charge in [-0.05, 0) is 24.3 Å². The maximum absolute atomic E-state index is 12.7. The minimum atomic E-state index is -3.20. The molecule has 3 aromatic rings. The Bertz CT molecular complexity index is 1160. The molecule has 0 bridgehead atoms. The van der Waals surface area contributed by atoms with E-state index in [2.05, 4.69) is 15.2 Å². The molecule has 1 aromatic heterocycles. The lowest BCUT2D eigenvalue weighted by atomic mass is 10.2. The molecule has 0 aliphatic carbocycles. The van der Waals surface area contributed by atoms with E-state index in [9.17, 15) is 23.6 Å². The van der Waals surface area contributed by atoms with Gasteiger partial charge in [0.2, 0.25) is 0 Å². The molecule has 0 atom stereocenters. The standard InChI is InChI=1S/C21H16F2N4O5/c1-30-16-9-5-8-15(18(16)32-21(22)23)20(29)31-12-17(28)26-19-13(10-24)11-25-27(19)14-6-3-2-4-7-14/h2-9,11,21H,12H2,1H3,(H,26,28). The lowest BCUT2D eigenvalue weighted by Crippen LogP contribution is -2.23. The van der Waals surface area contributed by atoms with Crippen molar-refractivity contribution in [2.75, 3.05) is 19.0 Å². The Morgan fingerprint density at radius 1 is 1.19 bits per heavy atom. The van der Waals surface area contributed by atoms with E-state index in [-0.39, 0.29) is 22.7 Å². The number of alkyl halides is 2. The fraction of sp³-hybridized carbons (Fsp3) is 0.143. The van der Waals surface area contributed by atoms with Gasteiger partial charge in [0.25, 0.3) is 5.91 Å². The number of amides is 1. The molecular weight excluding hydrogens is 426 g/mol. The van der Waals surface area contributed by atoms with Crippen LogP contribution in [-0.4, -0.2) is 42.0 Å². The van der Waals surface area contributed by atoms with Crippen molar-refractivity contribution in [3.8, 4) is 23.3 Å². The first-order chi connectivity index (χ1) is 15.4. The van der Waals surface area contributed by atoms with Crippen molar-refractivity contribution >= 4 is 17.7 Å². The van der Waals surface area contributed by atoms with E-state index in [0.29, 0.717) is 5.69 Å². The number of esters is 1. The average Bonchev–Trinajstić information content (AvgIpc) is 3.20. The topological polar surface area (TPSA) is 115 Å². The van der Waals surface area contributed by atoms with Crippen molar-refractivity contribution in [2.24, 2.45) is 0 Å². The number of hydrogen-bond donors (Lipinski definition) is 1.